The Morgan fingerprint density at radius 3 is 2.53 bits per heavy atom. The van der Waals surface area contributed by atoms with Gasteiger partial charge in [0.15, 0.2) is 5.76 Å². The van der Waals surface area contributed by atoms with Gasteiger partial charge in [-0.3, -0.25) is 4.57 Å². The molecule has 170 valence electrons. The molecule has 0 amide bonds. The van der Waals surface area contributed by atoms with E-state index >= 15 is 0 Å². The fourth-order valence-corrected chi connectivity index (χ4v) is 6.08. The zero-order chi connectivity index (χ0) is 23.4. The quantitative estimate of drug-likeness (QED) is 0.250. The lowest BCUT2D eigenvalue weighted by Gasteiger charge is -2.17. The first-order chi connectivity index (χ1) is 17.8. The Bertz CT molecular complexity index is 2060. The molecule has 3 aromatic heterocycles. The van der Waals surface area contributed by atoms with Crippen LogP contribution in [0.3, 0.4) is 0 Å². The van der Waals surface area contributed by atoms with E-state index in [1.807, 2.05) is 42.5 Å². The van der Waals surface area contributed by atoms with Crippen molar-refractivity contribution in [2.75, 3.05) is 0 Å². The Kier molecular flexibility index (Phi) is 3.33. The van der Waals surface area contributed by atoms with E-state index in [1.54, 1.807) is 0 Å². The highest BCUT2D eigenvalue weighted by atomic mass is 16.5. The molecule has 0 radical (unpaired) electrons. The maximum Gasteiger partial charge on any atom is 0.307 e. The molecular formula is C31H18N2O3. The van der Waals surface area contributed by atoms with Gasteiger partial charge in [0, 0.05) is 21.7 Å². The molecule has 36 heavy (non-hydrogen) atoms. The van der Waals surface area contributed by atoms with E-state index in [0.29, 0.717) is 6.01 Å². The minimum absolute atomic E-state index is 0.0221. The number of ether oxygens (including phenoxy) is 1. The second-order valence-corrected chi connectivity index (χ2v) is 9.49. The lowest BCUT2D eigenvalue weighted by atomic mass is 9.88. The Morgan fingerprint density at radius 1 is 0.722 bits per heavy atom. The van der Waals surface area contributed by atoms with Gasteiger partial charge in [-0.05, 0) is 42.5 Å². The minimum Gasteiger partial charge on any atom is -0.485 e. The van der Waals surface area contributed by atoms with Crippen molar-refractivity contribution in [2.24, 2.45) is 0 Å². The van der Waals surface area contributed by atoms with Crippen LogP contribution in [0.5, 0.6) is 5.75 Å². The second kappa shape index (κ2) is 6.46. The molecule has 0 bridgehead atoms. The standard InChI is InChI=1S/C31H18N2O3/c1-4-10-21-19(8-1)27-22(14-13-18-17-7-2-5-11-23(17)35-30(18)27)33(21)31-32-29-26(36-31)16-15-25-28(29)20-9-3-6-12-24(20)34-25/h1-16,25,28H. The molecule has 0 fully saturated rings. The van der Waals surface area contributed by atoms with Crippen molar-refractivity contribution >= 4 is 49.8 Å². The summed E-state index contributed by atoms with van der Waals surface area (Å²) in [6, 6.07) is 29.6. The summed E-state index contributed by atoms with van der Waals surface area (Å²) >= 11 is 0. The summed E-state index contributed by atoms with van der Waals surface area (Å²) in [6.07, 6.45) is 4.00. The van der Waals surface area contributed by atoms with Crippen molar-refractivity contribution in [3.8, 4) is 11.8 Å². The van der Waals surface area contributed by atoms with E-state index in [9.17, 15) is 0 Å². The maximum atomic E-state index is 6.44. The van der Waals surface area contributed by atoms with E-state index in [1.165, 1.54) is 0 Å². The Morgan fingerprint density at radius 2 is 1.56 bits per heavy atom. The van der Waals surface area contributed by atoms with Crippen LogP contribution in [0.1, 0.15) is 22.9 Å². The summed E-state index contributed by atoms with van der Waals surface area (Å²) in [5.74, 6) is 1.72. The van der Waals surface area contributed by atoms with Crippen LogP contribution in [-0.4, -0.2) is 15.7 Å². The number of furan rings is 1. The molecule has 5 heteroatoms. The topological polar surface area (TPSA) is 53.3 Å². The lowest BCUT2D eigenvalue weighted by molar-refractivity contribution is 0.265. The van der Waals surface area contributed by atoms with Gasteiger partial charge in [0.1, 0.15) is 28.7 Å². The van der Waals surface area contributed by atoms with Gasteiger partial charge in [0.2, 0.25) is 0 Å². The van der Waals surface area contributed by atoms with Crippen molar-refractivity contribution in [2.45, 2.75) is 12.0 Å². The molecule has 7 aromatic rings. The number of hydrogen-bond donors (Lipinski definition) is 0. The molecule has 2 unspecified atom stereocenters. The number of rotatable bonds is 1. The number of benzene rings is 4. The lowest BCUT2D eigenvalue weighted by Crippen LogP contribution is -2.20. The smallest absolute Gasteiger partial charge is 0.307 e. The third-order valence-corrected chi connectivity index (χ3v) is 7.62. The summed E-state index contributed by atoms with van der Waals surface area (Å²) in [4.78, 5) is 5.09. The summed E-state index contributed by atoms with van der Waals surface area (Å²) in [5, 5.41) is 4.40. The van der Waals surface area contributed by atoms with E-state index in [-0.39, 0.29) is 12.0 Å². The molecule has 2 aliphatic rings. The van der Waals surface area contributed by atoms with Crippen LogP contribution in [0, 0.1) is 0 Å². The van der Waals surface area contributed by atoms with Crippen LogP contribution >= 0.6 is 0 Å². The number of oxazole rings is 1. The molecule has 0 N–H and O–H groups in total. The van der Waals surface area contributed by atoms with Crippen LogP contribution in [0.25, 0.3) is 55.8 Å². The Hall–Kier alpha value is -4.77. The molecule has 2 atom stereocenters. The first-order valence-electron chi connectivity index (χ1n) is 12.1. The van der Waals surface area contributed by atoms with Crippen molar-refractivity contribution in [3.63, 3.8) is 0 Å². The SMILES string of the molecule is C1=CC2Oc3ccccc3C2c2nc(-n3c4ccccc4c4c5oc6ccccc6c5ccc43)oc21. The van der Waals surface area contributed by atoms with Crippen LogP contribution in [-0.2, 0) is 0 Å². The highest BCUT2D eigenvalue weighted by molar-refractivity contribution is 6.23. The van der Waals surface area contributed by atoms with Crippen molar-refractivity contribution < 1.29 is 13.6 Å². The summed E-state index contributed by atoms with van der Waals surface area (Å²) in [6.45, 7) is 0. The molecule has 4 heterocycles. The highest BCUT2D eigenvalue weighted by Crippen LogP contribution is 2.47. The molecule has 4 aromatic carbocycles. The van der Waals surface area contributed by atoms with Crippen LogP contribution in [0.4, 0.5) is 0 Å². The molecule has 0 spiro atoms. The van der Waals surface area contributed by atoms with Gasteiger partial charge in [0.05, 0.1) is 22.3 Å². The first kappa shape index (κ1) is 18.5. The fourth-order valence-electron chi connectivity index (χ4n) is 6.08. The van der Waals surface area contributed by atoms with Crippen LogP contribution in [0.15, 0.2) is 99.8 Å². The summed E-state index contributed by atoms with van der Waals surface area (Å²) in [5.41, 5.74) is 5.88. The Labute approximate surface area is 204 Å². The van der Waals surface area contributed by atoms with Gasteiger partial charge < -0.3 is 13.6 Å². The molecule has 0 saturated carbocycles. The van der Waals surface area contributed by atoms with Gasteiger partial charge in [-0.2, -0.15) is 4.98 Å². The maximum absolute atomic E-state index is 6.44. The van der Waals surface area contributed by atoms with Crippen LogP contribution in [0.2, 0.25) is 0 Å². The minimum atomic E-state index is -0.0684. The second-order valence-electron chi connectivity index (χ2n) is 9.49. The normalized spacial score (nSPS) is 18.1. The van der Waals surface area contributed by atoms with E-state index in [4.69, 9.17) is 18.6 Å². The van der Waals surface area contributed by atoms with Crippen molar-refractivity contribution in [1.29, 1.82) is 0 Å². The summed E-state index contributed by atoms with van der Waals surface area (Å²) in [7, 11) is 0. The van der Waals surface area contributed by atoms with E-state index in [0.717, 1.165) is 66.5 Å². The number of nitrogens with zero attached hydrogens (tertiary/aromatic N) is 2. The third-order valence-electron chi connectivity index (χ3n) is 7.62. The molecule has 5 nitrogen and oxygen atoms in total. The van der Waals surface area contributed by atoms with Gasteiger partial charge in [-0.25, -0.2) is 0 Å². The predicted octanol–water partition coefficient (Wildman–Crippen LogP) is 7.59. The van der Waals surface area contributed by atoms with Gasteiger partial charge in [-0.1, -0.05) is 54.6 Å². The number of aromatic nitrogens is 2. The van der Waals surface area contributed by atoms with Crippen molar-refractivity contribution in [1.82, 2.24) is 9.55 Å². The zero-order valence-electron chi connectivity index (χ0n) is 19.0. The Balaban J connectivity index is 1.34. The first-order valence-corrected chi connectivity index (χ1v) is 12.1. The van der Waals surface area contributed by atoms with Gasteiger partial charge in [0.25, 0.3) is 0 Å². The van der Waals surface area contributed by atoms with E-state index < -0.39 is 0 Å². The summed E-state index contributed by atoms with van der Waals surface area (Å²) < 4.78 is 21.2. The monoisotopic (exact) mass is 466 g/mol. The highest BCUT2D eigenvalue weighted by Gasteiger charge is 2.40. The zero-order valence-corrected chi connectivity index (χ0v) is 19.0. The van der Waals surface area contributed by atoms with Gasteiger partial charge in [-0.15, -0.1) is 0 Å². The largest absolute Gasteiger partial charge is 0.485 e. The van der Waals surface area contributed by atoms with E-state index in [2.05, 4.69) is 59.2 Å². The average molecular weight is 466 g/mol. The molecule has 0 saturated heterocycles. The molecular weight excluding hydrogens is 448 g/mol. The average Bonchev–Trinajstić information content (AvgIpc) is 3.67. The van der Waals surface area contributed by atoms with Crippen molar-refractivity contribution in [3.05, 3.63) is 108 Å². The van der Waals surface area contributed by atoms with Crippen LogP contribution < -0.4 is 4.74 Å². The number of para-hydroxylation sites is 3. The number of fused-ring (bicyclic) bond motifs is 12. The molecule has 9 rings (SSSR count). The fraction of sp³-hybridized carbons (Fsp3) is 0.0645. The predicted molar refractivity (Wildman–Crippen MR) is 140 cm³/mol. The third kappa shape index (κ3) is 2.23. The number of hydrogen-bond acceptors (Lipinski definition) is 4. The molecule has 1 aliphatic heterocycles. The van der Waals surface area contributed by atoms with Gasteiger partial charge >= 0.3 is 6.01 Å². The molecule has 1 aliphatic carbocycles.